The zero-order valence-electron chi connectivity index (χ0n) is 13.1. The first-order valence-electron chi connectivity index (χ1n) is 8.36. The van der Waals surface area contributed by atoms with Crippen LogP contribution in [-0.4, -0.2) is 0 Å². The van der Waals surface area contributed by atoms with Crippen molar-refractivity contribution in [2.24, 2.45) is 11.8 Å². The van der Waals surface area contributed by atoms with Gasteiger partial charge in [-0.2, -0.15) is 0 Å². The number of hydrogen-bond donors (Lipinski definition) is 2. The second-order valence-electron chi connectivity index (χ2n) is 6.25. The predicted octanol–water partition coefficient (Wildman–Crippen LogP) is 4.67. The number of nitrogens with two attached hydrogens (primary N) is 1. The highest BCUT2D eigenvalue weighted by Gasteiger charge is 2.22. The molecule has 1 aromatic rings. The molecular weight excluding hydrogens is 244 g/mol. The molecule has 1 aliphatic rings. The molecule has 1 aliphatic carbocycles. The van der Waals surface area contributed by atoms with Crippen LogP contribution in [0.1, 0.15) is 81.9 Å². The second-order valence-corrected chi connectivity index (χ2v) is 6.25. The van der Waals surface area contributed by atoms with Gasteiger partial charge in [-0.25, -0.2) is 0 Å². The summed E-state index contributed by atoms with van der Waals surface area (Å²) in [5.41, 5.74) is 5.91. The molecule has 112 valence electrons. The van der Waals surface area contributed by atoms with E-state index in [1.165, 1.54) is 56.1 Å². The minimum Gasteiger partial charge on any atom is -0.271 e. The predicted molar refractivity (Wildman–Crippen MR) is 86.4 cm³/mol. The number of nitrogens with one attached hydrogen (secondary N) is 1. The number of hydrazine groups is 1. The van der Waals surface area contributed by atoms with Crippen LogP contribution in [0.4, 0.5) is 0 Å². The Bertz CT molecular complexity index is 381. The van der Waals surface area contributed by atoms with Crippen molar-refractivity contribution in [3.8, 4) is 0 Å². The lowest BCUT2D eigenvalue weighted by Gasteiger charge is -2.28. The van der Waals surface area contributed by atoms with E-state index in [2.05, 4.69) is 43.5 Å². The zero-order valence-corrected chi connectivity index (χ0v) is 13.1. The van der Waals surface area contributed by atoms with E-state index in [0.29, 0.717) is 12.0 Å². The maximum atomic E-state index is 5.84. The van der Waals surface area contributed by atoms with Crippen LogP contribution < -0.4 is 11.3 Å². The molecule has 2 unspecified atom stereocenters. The molecule has 2 rings (SSSR count). The van der Waals surface area contributed by atoms with Gasteiger partial charge >= 0.3 is 0 Å². The highest BCUT2D eigenvalue weighted by atomic mass is 15.2. The normalized spacial score (nSPS) is 18.6. The molecule has 0 bridgehead atoms. The SMILES string of the molecule is CCCCC(CC)C(NN)c1ccc(C2CCC2)cc1. The third-order valence-corrected chi connectivity index (χ3v) is 4.98. The lowest BCUT2D eigenvalue weighted by atomic mass is 9.79. The summed E-state index contributed by atoms with van der Waals surface area (Å²) in [5.74, 6) is 7.29. The third kappa shape index (κ3) is 3.62. The molecule has 0 heterocycles. The summed E-state index contributed by atoms with van der Waals surface area (Å²) in [6, 6.07) is 9.49. The molecule has 2 nitrogen and oxygen atoms in total. The highest BCUT2D eigenvalue weighted by Crippen LogP contribution is 2.37. The molecule has 0 aromatic heterocycles. The Labute approximate surface area is 124 Å². The molecule has 2 atom stereocenters. The summed E-state index contributed by atoms with van der Waals surface area (Å²) < 4.78 is 0. The van der Waals surface area contributed by atoms with Crippen LogP contribution in [0, 0.1) is 5.92 Å². The molecule has 20 heavy (non-hydrogen) atoms. The molecule has 3 N–H and O–H groups in total. The average Bonchev–Trinajstić information content (AvgIpc) is 2.43. The third-order valence-electron chi connectivity index (χ3n) is 4.98. The van der Waals surface area contributed by atoms with Crippen LogP contribution in [0.15, 0.2) is 24.3 Å². The van der Waals surface area contributed by atoms with Gasteiger partial charge in [-0.3, -0.25) is 11.3 Å². The summed E-state index contributed by atoms with van der Waals surface area (Å²) in [7, 11) is 0. The minimum atomic E-state index is 0.294. The Morgan fingerprint density at radius 2 is 1.90 bits per heavy atom. The van der Waals surface area contributed by atoms with Gasteiger partial charge in [0.05, 0.1) is 0 Å². The van der Waals surface area contributed by atoms with Crippen LogP contribution >= 0.6 is 0 Å². The number of unbranched alkanes of at least 4 members (excludes halogenated alkanes) is 1. The van der Waals surface area contributed by atoms with E-state index >= 15 is 0 Å². The summed E-state index contributed by atoms with van der Waals surface area (Å²) in [5, 5.41) is 0. The second kappa shape index (κ2) is 7.80. The smallest absolute Gasteiger partial charge is 0.0488 e. The molecule has 0 spiro atoms. The Morgan fingerprint density at radius 3 is 2.35 bits per heavy atom. The van der Waals surface area contributed by atoms with Crippen molar-refractivity contribution < 1.29 is 0 Å². The van der Waals surface area contributed by atoms with Crippen molar-refractivity contribution in [3.05, 3.63) is 35.4 Å². The van der Waals surface area contributed by atoms with Gasteiger partial charge in [-0.15, -0.1) is 0 Å². The zero-order chi connectivity index (χ0) is 14.4. The fraction of sp³-hybridized carbons (Fsp3) is 0.667. The van der Waals surface area contributed by atoms with E-state index in [0.717, 1.165) is 5.92 Å². The first kappa shape index (κ1) is 15.5. The highest BCUT2D eigenvalue weighted by molar-refractivity contribution is 5.28. The van der Waals surface area contributed by atoms with Gasteiger partial charge in [0.2, 0.25) is 0 Å². The Hall–Kier alpha value is -0.860. The first-order chi connectivity index (χ1) is 9.80. The quantitative estimate of drug-likeness (QED) is 0.534. The Kier molecular flexibility index (Phi) is 6.06. The summed E-state index contributed by atoms with van der Waals surface area (Å²) in [6.07, 6.45) is 9.11. The van der Waals surface area contributed by atoms with Crippen LogP contribution in [0.25, 0.3) is 0 Å². The van der Waals surface area contributed by atoms with Gasteiger partial charge in [0.25, 0.3) is 0 Å². The molecule has 1 aromatic carbocycles. The van der Waals surface area contributed by atoms with Crippen molar-refractivity contribution in [2.45, 2.75) is 70.8 Å². The fourth-order valence-electron chi connectivity index (χ4n) is 3.29. The monoisotopic (exact) mass is 274 g/mol. The topological polar surface area (TPSA) is 38.0 Å². The van der Waals surface area contributed by atoms with Crippen LogP contribution in [0.2, 0.25) is 0 Å². The van der Waals surface area contributed by atoms with Crippen molar-refractivity contribution in [1.29, 1.82) is 0 Å². The molecule has 0 aliphatic heterocycles. The van der Waals surface area contributed by atoms with E-state index in [1.807, 2.05) is 0 Å². The van der Waals surface area contributed by atoms with Gasteiger partial charge in [-0.1, -0.05) is 63.8 Å². The summed E-state index contributed by atoms with van der Waals surface area (Å²) in [4.78, 5) is 0. The van der Waals surface area contributed by atoms with E-state index in [1.54, 1.807) is 0 Å². The molecule has 1 saturated carbocycles. The van der Waals surface area contributed by atoms with E-state index in [-0.39, 0.29) is 0 Å². The lowest BCUT2D eigenvalue weighted by Crippen LogP contribution is -2.33. The fourth-order valence-corrected chi connectivity index (χ4v) is 3.29. The molecule has 0 saturated heterocycles. The molecular formula is C18H30N2. The molecule has 1 fully saturated rings. The molecule has 2 heteroatoms. The molecule has 0 radical (unpaired) electrons. The largest absolute Gasteiger partial charge is 0.271 e. The van der Waals surface area contributed by atoms with Gasteiger partial charge in [0.1, 0.15) is 0 Å². The first-order valence-corrected chi connectivity index (χ1v) is 8.36. The minimum absolute atomic E-state index is 0.294. The summed E-state index contributed by atoms with van der Waals surface area (Å²) >= 11 is 0. The van der Waals surface area contributed by atoms with Crippen molar-refractivity contribution in [2.75, 3.05) is 0 Å². The van der Waals surface area contributed by atoms with Crippen molar-refractivity contribution in [1.82, 2.24) is 5.43 Å². The van der Waals surface area contributed by atoms with Crippen molar-refractivity contribution in [3.63, 3.8) is 0 Å². The Morgan fingerprint density at radius 1 is 1.20 bits per heavy atom. The van der Waals surface area contributed by atoms with Gasteiger partial charge in [0.15, 0.2) is 0 Å². The van der Waals surface area contributed by atoms with Crippen molar-refractivity contribution >= 4 is 0 Å². The number of rotatable bonds is 8. The standard InChI is InChI=1S/C18H30N2/c1-3-5-7-14(4-2)18(20-19)17-12-10-16(11-13-17)15-8-6-9-15/h10-15,18,20H,3-9,19H2,1-2H3. The van der Waals surface area contributed by atoms with Gasteiger partial charge in [0, 0.05) is 6.04 Å². The van der Waals surface area contributed by atoms with Gasteiger partial charge < -0.3 is 0 Å². The van der Waals surface area contributed by atoms with E-state index in [9.17, 15) is 0 Å². The van der Waals surface area contributed by atoms with E-state index < -0.39 is 0 Å². The Balaban J connectivity index is 2.05. The van der Waals surface area contributed by atoms with E-state index in [4.69, 9.17) is 5.84 Å². The molecule has 0 amide bonds. The van der Waals surface area contributed by atoms with Crippen LogP contribution in [0.3, 0.4) is 0 Å². The van der Waals surface area contributed by atoms with Crippen LogP contribution in [-0.2, 0) is 0 Å². The average molecular weight is 274 g/mol. The van der Waals surface area contributed by atoms with Crippen LogP contribution in [0.5, 0.6) is 0 Å². The maximum Gasteiger partial charge on any atom is 0.0488 e. The van der Waals surface area contributed by atoms with Gasteiger partial charge in [-0.05, 0) is 42.2 Å². The lowest BCUT2D eigenvalue weighted by molar-refractivity contribution is 0.326. The number of hydrogen-bond acceptors (Lipinski definition) is 2. The number of benzene rings is 1. The maximum absolute atomic E-state index is 5.84. The summed E-state index contributed by atoms with van der Waals surface area (Å²) in [6.45, 7) is 4.53.